The Hall–Kier alpha value is -0.830. The van der Waals surface area contributed by atoms with Crippen LogP contribution < -0.4 is 5.32 Å². The summed E-state index contributed by atoms with van der Waals surface area (Å²) in [6, 6.07) is 2.11. The monoisotopic (exact) mass is 237 g/mol. The summed E-state index contributed by atoms with van der Waals surface area (Å²) in [4.78, 5) is 0. The van der Waals surface area contributed by atoms with E-state index in [9.17, 15) is 0 Å². The first-order valence-corrected chi connectivity index (χ1v) is 6.42. The molecule has 0 atom stereocenters. The molecule has 0 aliphatic rings. The van der Waals surface area contributed by atoms with Gasteiger partial charge in [0.2, 0.25) is 0 Å². The highest BCUT2D eigenvalue weighted by Crippen LogP contribution is 2.24. The van der Waals surface area contributed by atoms with Gasteiger partial charge in [-0.05, 0) is 51.6 Å². The number of nitrogens with zero attached hydrogens (tertiary/aromatic N) is 2. The van der Waals surface area contributed by atoms with Crippen LogP contribution in [0.5, 0.6) is 0 Å². The highest BCUT2D eigenvalue weighted by atomic mass is 15.2. The maximum absolute atomic E-state index is 4.45. The van der Waals surface area contributed by atoms with Crippen molar-refractivity contribution in [2.24, 2.45) is 12.5 Å². The maximum atomic E-state index is 4.45. The highest BCUT2D eigenvalue weighted by molar-refractivity contribution is 5.01. The molecule has 0 aromatic carbocycles. The molecule has 1 aromatic heterocycles. The van der Waals surface area contributed by atoms with Crippen LogP contribution in [0, 0.1) is 5.41 Å². The first-order valence-electron chi connectivity index (χ1n) is 6.42. The number of hydrogen-bond donors (Lipinski definition) is 1. The third-order valence-corrected chi connectivity index (χ3v) is 2.89. The van der Waals surface area contributed by atoms with Gasteiger partial charge in [-0.15, -0.1) is 0 Å². The third-order valence-electron chi connectivity index (χ3n) is 2.89. The first kappa shape index (κ1) is 14.2. The Bertz CT molecular complexity index is 345. The fourth-order valence-corrected chi connectivity index (χ4v) is 1.91. The second-order valence-corrected chi connectivity index (χ2v) is 6.75. The Morgan fingerprint density at radius 3 is 2.35 bits per heavy atom. The van der Waals surface area contributed by atoms with E-state index in [0.717, 1.165) is 13.0 Å². The van der Waals surface area contributed by atoms with Crippen LogP contribution in [-0.4, -0.2) is 21.9 Å². The van der Waals surface area contributed by atoms with Crippen LogP contribution in [-0.2, 0) is 13.5 Å². The summed E-state index contributed by atoms with van der Waals surface area (Å²) in [5, 5.41) is 7.99. The number of aryl methyl sites for hydroxylation is 1. The van der Waals surface area contributed by atoms with E-state index >= 15 is 0 Å². The van der Waals surface area contributed by atoms with Crippen LogP contribution in [0.1, 0.15) is 46.7 Å². The summed E-state index contributed by atoms with van der Waals surface area (Å²) in [7, 11) is 1.97. The molecule has 17 heavy (non-hydrogen) atoms. The molecule has 0 bridgehead atoms. The molecular formula is C14H27N3. The van der Waals surface area contributed by atoms with Crippen molar-refractivity contribution < 1.29 is 0 Å². The van der Waals surface area contributed by atoms with Crippen LogP contribution in [0.25, 0.3) is 0 Å². The Kier molecular flexibility index (Phi) is 4.36. The van der Waals surface area contributed by atoms with Crippen molar-refractivity contribution >= 4 is 0 Å². The first-order chi connectivity index (χ1) is 7.68. The fourth-order valence-electron chi connectivity index (χ4n) is 1.91. The van der Waals surface area contributed by atoms with Gasteiger partial charge in [0.15, 0.2) is 0 Å². The lowest BCUT2D eigenvalue weighted by Gasteiger charge is -2.27. The van der Waals surface area contributed by atoms with Gasteiger partial charge in [0.05, 0.1) is 5.69 Å². The Balaban J connectivity index is 2.41. The van der Waals surface area contributed by atoms with E-state index in [4.69, 9.17) is 0 Å². The summed E-state index contributed by atoms with van der Waals surface area (Å²) in [5.41, 5.74) is 1.70. The van der Waals surface area contributed by atoms with E-state index in [1.54, 1.807) is 0 Å². The molecule has 0 aliphatic heterocycles. The normalized spacial score (nSPS) is 13.1. The molecular weight excluding hydrogens is 210 g/mol. The smallest absolute Gasteiger partial charge is 0.0629 e. The summed E-state index contributed by atoms with van der Waals surface area (Å²) in [6.45, 7) is 12.3. The minimum Gasteiger partial charge on any atom is -0.312 e. The number of rotatable bonds is 5. The standard InChI is InChI=1S/C14H27N3/c1-13(2,3)15-9-8-14(4,5)11-12-7-10-17(6)16-12/h7,10,15H,8-9,11H2,1-6H3. The molecule has 0 saturated carbocycles. The van der Waals surface area contributed by atoms with Crippen LogP contribution in [0.15, 0.2) is 12.3 Å². The summed E-state index contributed by atoms with van der Waals surface area (Å²) in [6.07, 6.45) is 4.22. The van der Waals surface area contributed by atoms with Gasteiger partial charge < -0.3 is 5.32 Å². The zero-order valence-corrected chi connectivity index (χ0v) is 12.2. The van der Waals surface area contributed by atoms with Crippen molar-refractivity contribution in [3.05, 3.63) is 18.0 Å². The molecule has 0 spiro atoms. The van der Waals surface area contributed by atoms with Crippen molar-refractivity contribution in [2.45, 2.75) is 53.0 Å². The lowest BCUT2D eigenvalue weighted by Crippen LogP contribution is -2.38. The predicted molar refractivity (Wildman–Crippen MR) is 73.1 cm³/mol. The van der Waals surface area contributed by atoms with Gasteiger partial charge in [-0.1, -0.05) is 13.8 Å². The topological polar surface area (TPSA) is 29.9 Å². The SMILES string of the molecule is Cn1ccc(CC(C)(C)CCNC(C)(C)C)n1. The van der Waals surface area contributed by atoms with E-state index in [2.05, 4.69) is 51.1 Å². The predicted octanol–water partition coefficient (Wildman–Crippen LogP) is 2.77. The van der Waals surface area contributed by atoms with Crippen molar-refractivity contribution in [3.63, 3.8) is 0 Å². The average Bonchev–Trinajstić information content (AvgIpc) is 2.47. The third kappa shape index (κ3) is 5.87. The van der Waals surface area contributed by atoms with Crippen molar-refractivity contribution in [3.8, 4) is 0 Å². The molecule has 3 nitrogen and oxygen atoms in total. The molecule has 1 aromatic rings. The van der Waals surface area contributed by atoms with E-state index in [1.165, 1.54) is 12.1 Å². The molecule has 0 fully saturated rings. The minimum atomic E-state index is 0.209. The molecule has 1 rings (SSSR count). The Labute approximate surface area is 106 Å². The quantitative estimate of drug-likeness (QED) is 0.853. The molecule has 3 heteroatoms. The van der Waals surface area contributed by atoms with Gasteiger partial charge in [-0.3, -0.25) is 4.68 Å². The van der Waals surface area contributed by atoms with E-state index in [1.807, 2.05) is 17.9 Å². The second kappa shape index (κ2) is 5.21. The molecule has 1 N–H and O–H groups in total. The van der Waals surface area contributed by atoms with Gasteiger partial charge in [0, 0.05) is 18.8 Å². The molecule has 1 heterocycles. The fraction of sp³-hybridized carbons (Fsp3) is 0.786. The summed E-state index contributed by atoms with van der Waals surface area (Å²) in [5.74, 6) is 0. The lowest BCUT2D eigenvalue weighted by molar-refractivity contribution is 0.299. The lowest BCUT2D eigenvalue weighted by atomic mass is 9.84. The van der Waals surface area contributed by atoms with E-state index in [-0.39, 0.29) is 5.54 Å². The zero-order chi connectivity index (χ0) is 13.1. The number of hydrogen-bond acceptors (Lipinski definition) is 2. The molecule has 0 unspecified atom stereocenters. The molecule has 98 valence electrons. The zero-order valence-electron chi connectivity index (χ0n) is 12.2. The average molecular weight is 237 g/mol. The number of aromatic nitrogens is 2. The molecule has 0 radical (unpaired) electrons. The summed E-state index contributed by atoms with van der Waals surface area (Å²) >= 11 is 0. The largest absolute Gasteiger partial charge is 0.312 e. The van der Waals surface area contributed by atoms with Crippen LogP contribution in [0.2, 0.25) is 0 Å². The van der Waals surface area contributed by atoms with Gasteiger partial charge >= 0.3 is 0 Å². The van der Waals surface area contributed by atoms with Crippen molar-refractivity contribution in [2.75, 3.05) is 6.54 Å². The van der Waals surface area contributed by atoms with Crippen molar-refractivity contribution in [1.82, 2.24) is 15.1 Å². The van der Waals surface area contributed by atoms with Gasteiger partial charge in [0.25, 0.3) is 0 Å². The van der Waals surface area contributed by atoms with Crippen LogP contribution in [0.3, 0.4) is 0 Å². The van der Waals surface area contributed by atoms with Crippen molar-refractivity contribution in [1.29, 1.82) is 0 Å². The molecule has 0 aliphatic carbocycles. The number of nitrogens with one attached hydrogen (secondary N) is 1. The van der Waals surface area contributed by atoms with E-state index < -0.39 is 0 Å². The van der Waals surface area contributed by atoms with Crippen LogP contribution >= 0.6 is 0 Å². The summed E-state index contributed by atoms with van der Waals surface area (Å²) < 4.78 is 1.87. The van der Waals surface area contributed by atoms with Gasteiger partial charge in [-0.25, -0.2) is 0 Å². The van der Waals surface area contributed by atoms with Gasteiger partial charge in [0.1, 0.15) is 0 Å². The minimum absolute atomic E-state index is 0.209. The second-order valence-electron chi connectivity index (χ2n) is 6.75. The molecule has 0 amide bonds. The van der Waals surface area contributed by atoms with E-state index in [0.29, 0.717) is 5.41 Å². The van der Waals surface area contributed by atoms with Crippen LogP contribution in [0.4, 0.5) is 0 Å². The van der Waals surface area contributed by atoms with Gasteiger partial charge in [-0.2, -0.15) is 5.10 Å². The Morgan fingerprint density at radius 1 is 1.24 bits per heavy atom. The maximum Gasteiger partial charge on any atom is 0.0629 e. The Morgan fingerprint density at radius 2 is 1.88 bits per heavy atom. The highest BCUT2D eigenvalue weighted by Gasteiger charge is 2.20. The molecule has 0 saturated heterocycles.